The maximum atomic E-state index is 7.42. The molecule has 4 heterocycles. The van der Waals surface area contributed by atoms with E-state index in [0.717, 1.165) is 137 Å². The van der Waals surface area contributed by atoms with E-state index in [1.807, 2.05) is 0 Å². The summed E-state index contributed by atoms with van der Waals surface area (Å²) in [6.07, 6.45) is 9.86. The van der Waals surface area contributed by atoms with Crippen LogP contribution in [0.2, 0.25) is 0 Å². The Morgan fingerprint density at radius 2 is 0.939 bits per heavy atom. The lowest BCUT2D eigenvalue weighted by atomic mass is 9.30. The highest BCUT2D eigenvalue weighted by molar-refractivity contribution is 14.1. The van der Waals surface area contributed by atoms with Crippen LogP contribution in [-0.4, -0.2) is 13.4 Å². The van der Waals surface area contributed by atoms with E-state index in [4.69, 9.17) is 18.9 Å². The maximum absolute atomic E-state index is 7.42. The van der Waals surface area contributed by atoms with Gasteiger partial charge >= 0.3 is 0 Å². The lowest BCUT2D eigenvalue weighted by Crippen LogP contribution is -2.64. The highest BCUT2D eigenvalue weighted by Gasteiger charge is 2.48. The molecule has 4 aliphatic rings. The molecule has 6 nitrogen and oxygen atoms in total. The summed E-state index contributed by atoms with van der Waals surface area (Å²) < 4.78 is 30.8. The first-order chi connectivity index (χ1) is 39.7. The first kappa shape index (κ1) is 54.6. The van der Waals surface area contributed by atoms with Crippen molar-refractivity contribution in [2.75, 3.05) is 9.80 Å². The summed E-state index contributed by atoms with van der Waals surface area (Å²) in [6.45, 7) is 17.7. The second-order valence-corrected chi connectivity index (χ2v) is 26.4. The predicted octanol–water partition coefficient (Wildman–Crippen LogP) is 17.2. The molecular formula is C72H68B2I2N2O4. The van der Waals surface area contributed by atoms with Gasteiger partial charge in [-0.15, -0.1) is 0 Å². The van der Waals surface area contributed by atoms with E-state index in [-0.39, 0.29) is 18.8 Å². The van der Waals surface area contributed by atoms with Crippen molar-refractivity contribution in [1.29, 1.82) is 0 Å². The molecule has 0 atom stereocenters. The van der Waals surface area contributed by atoms with Crippen LogP contribution in [-0.2, 0) is 24.7 Å². The van der Waals surface area contributed by atoms with Crippen LogP contribution in [0.5, 0.6) is 46.0 Å². The smallest absolute Gasteiger partial charge is 0.261 e. The van der Waals surface area contributed by atoms with Crippen LogP contribution in [0.15, 0.2) is 158 Å². The Labute approximate surface area is 513 Å². The molecular weight excluding hydrogens is 1230 g/mol. The van der Waals surface area contributed by atoms with Gasteiger partial charge in [-0.3, -0.25) is 0 Å². The minimum absolute atomic E-state index is 0.00664. The summed E-state index contributed by atoms with van der Waals surface area (Å²) >= 11 is 5.05. The van der Waals surface area contributed by atoms with Crippen molar-refractivity contribution < 1.29 is 18.9 Å². The lowest BCUT2D eigenvalue weighted by molar-refractivity contribution is 0.442. The number of unbranched alkanes of at least 4 members (excludes halogenated alkanes) is 3. The second-order valence-electron chi connectivity index (χ2n) is 24.0. The summed E-state index contributed by atoms with van der Waals surface area (Å²) in [4.78, 5) is 4.97. The number of hydrogen-bond acceptors (Lipinski definition) is 6. The number of ether oxygens (including phenoxy) is 4. The topological polar surface area (TPSA) is 43.4 Å². The van der Waals surface area contributed by atoms with Gasteiger partial charge in [0.2, 0.25) is 0 Å². The minimum Gasteiger partial charge on any atom is -0.458 e. The highest BCUT2D eigenvalue weighted by Crippen LogP contribution is 2.49. The van der Waals surface area contributed by atoms with Gasteiger partial charge in [-0.1, -0.05) is 109 Å². The molecule has 0 aliphatic carbocycles. The Morgan fingerprint density at radius 3 is 1.52 bits per heavy atom. The van der Waals surface area contributed by atoms with Crippen LogP contribution in [0.1, 0.15) is 113 Å². The standard InChI is InChI=1S/C72H68B2I2N2O4/c1-9-12-15-46-18-30-53(31-19-46)79-55-38-62-70-63(39-55)78(51-26-22-49(23-27-51)72(6,7)8)61-36-45(5)35-59(76)69(61)73(70)57-42-58-64(43-60(57)77(62)52-28-24-50(75)25-29-52)81-66-40-56(80-54-32-20-47(21-33-54)16-13-10-2)41-67-71(66)74(58)68-48(17-14-11-3)34-44(4)37-65(68)82-67/h18-43H,9-17H2,1-8H3. The molecule has 0 radical (unpaired) electrons. The van der Waals surface area contributed by atoms with Gasteiger partial charge in [0.05, 0.1) is 0 Å². The summed E-state index contributed by atoms with van der Waals surface area (Å²) in [5.41, 5.74) is 21.3. The van der Waals surface area contributed by atoms with E-state index < -0.39 is 0 Å². The molecule has 0 saturated carbocycles. The lowest BCUT2D eigenvalue weighted by Gasteiger charge is -2.45. The summed E-state index contributed by atoms with van der Waals surface area (Å²) in [5, 5.41) is 0. The van der Waals surface area contributed by atoms with E-state index in [2.05, 4.69) is 268 Å². The van der Waals surface area contributed by atoms with E-state index in [0.29, 0.717) is 5.75 Å². The molecule has 0 N–H and O–H groups in total. The fraction of sp³-hybridized carbons (Fsp3) is 0.250. The van der Waals surface area contributed by atoms with Crippen molar-refractivity contribution in [2.24, 2.45) is 0 Å². The van der Waals surface area contributed by atoms with E-state index >= 15 is 0 Å². The molecule has 13 rings (SSSR count). The SMILES string of the molecule is CCCCc1ccc(Oc2cc3c4c(c2)Oc2cc(C)cc(CCCC)c2B4c2cc4c(cc2O3)N(c2ccc(I)cc2)c2cc(Oc3ccc(CCCC)cc3)cc3c2B4c2c(I)cc(C)cc2N3c2ccc(C(C)(C)C)cc2)cc1. The van der Waals surface area contributed by atoms with Gasteiger partial charge in [0.15, 0.2) is 0 Å². The molecule has 0 unspecified atom stereocenters. The van der Waals surface area contributed by atoms with Crippen molar-refractivity contribution in [1.82, 2.24) is 0 Å². The molecule has 0 spiro atoms. The van der Waals surface area contributed by atoms with Crippen LogP contribution < -0.4 is 61.5 Å². The first-order valence-electron chi connectivity index (χ1n) is 29.6. The first-order valence-corrected chi connectivity index (χ1v) is 31.7. The van der Waals surface area contributed by atoms with Gasteiger partial charge in [-0.2, -0.15) is 0 Å². The number of nitrogens with zero attached hydrogens (tertiary/aromatic N) is 2. The molecule has 10 heteroatoms. The monoisotopic (exact) mass is 1300 g/mol. The number of anilines is 6. The Bertz CT molecular complexity index is 3930. The van der Waals surface area contributed by atoms with Gasteiger partial charge in [0.25, 0.3) is 13.4 Å². The average molecular weight is 1300 g/mol. The summed E-state index contributed by atoms with van der Waals surface area (Å²) in [5.74, 6) is 6.24. The molecule has 0 fully saturated rings. The second kappa shape index (κ2) is 22.2. The number of halogens is 2. The van der Waals surface area contributed by atoms with Gasteiger partial charge in [-0.25, -0.2) is 0 Å². The number of benzene rings is 9. The number of rotatable bonds is 15. The quantitative estimate of drug-likeness (QED) is 0.0753. The maximum Gasteiger partial charge on any atom is 0.261 e. The molecule has 410 valence electrons. The zero-order valence-corrected chi connectivity index (χ0v) is 52.6. The van der Waals surface area contributed by atoms with Crippen LogP contribution in [0.3, 0.4) is 0 Å². The third-order valence-electron chi connectivity index (χ3n) is 17.0. The molecule has 0 bridgehead atoms. The third-order valence-corrected chi connectivity index (χ3v) is 18.6. The summed E-state index contributed by atoms with van der Waals surface area (Å²) in [7, 11) is 0. The largest absolute Gasteiger partial charge is 0.458 e. The Balaban J connectivity index is 1.06. The number of hydrogen-bond donors (Lipinski definition) is 0. The van der Waals surface area contributed by atoms with Crippen molar-refractivity contribution in [2.45, 2.75) is 119 Å². The molecule has 82 heavy (non-hydrogen) atoms. The zero-order valence-electron chi connectivity index (χ0n) is 48.3. The molecule has 0 amide bonds. The zero-order chi connectivity index (χ0) is 56.6. The van der Waals surface area contributed by atoms with Crippen molar-refractivity contribution in [3.05, 3.63) is 198 Å². The minimum atomic E-state index is -0.170. The van der Waals surface area contributed by atoms with E-state index in [1.54, 1.807) is 0 Å². The fourth-order valence-electron chi connectivity index (χ4n) is 12.9. The van der Waals surface area contributed by atoms with Crippen molar-refractivity contribution in [3.63, 3.8) is 0 Å². The normalized spacial score (nSPS) is 13.3. The van der Waals surface area contributed by atoms with Gasteiger partial charge in [0, 0.05) is 77.1 Å². The fourth-order valence-corrected chi connectivity index (χ4v) is 14.4. The predicted molar refractivity (Wildman–Crippen MR) is 361 cm³/mol. The molecule has 0 saturated heterocycles. The third kappa shape index (κ3) is 10.1. The van der Waals surface area contributed by atoms with Crippen LogP contribution in [0.4, 0.5) is 34.1 Å². The highest BCUT2D eigenvalue weighted by atomic mass is 127. The Kier molecular flexibility index (Phi) is 14.8. The van der Waals surface area contributed by atoms with E-state index in [1.165, 1.54) is 68.1 Å². The van der Waals surface area contributed by atoms with Gasteiger partial charge < -0.3 is 28.7 Å². The van der Waals surface area contributed by atoms with E-state index in [9.17, 15) is 0 Å². The van der Waals surface area contributed by atoms with Crippen LogP contribution in [0, 0.1) is 21.0 Å². The van der Waals surface area contributed by atoms with Crippen molar-refractivity contribution >= 4 is 126 Å². The molecule has 9 aromatic rings. The van der Waals surface area contributed by atoms with Gasteiger partial charge in [0.1, 0.15) is 46.0 Å². The average Bonchev–Trinajstić information content (AvgIpc) is 1.67. The van der Waals surface area contributed by atoms with Crippen LogP contribution >= 0.6 is 45.2 Å². The van der Waals surface area contributed by atoms with Crippen LogP contribution in [0.25, 0.3) is 0 Å². The molecule has 9 aromatic carbocycles. The number of fused-ring (bicyclic) bond motifs is 8. The Hall–Kier alpha value is -6.63. The molecule has 4 aliphatic heterocycles. The Morgan fingerprint density at radius 1 is 0.439 bits per heavy atom. The number of aryl methyl sites for hydroxylation is 5. The van der Waals surface area contributed by atoms with Gasteiger partial charge in [-0.05, 0) is 243 Å². The molecule has 0 aromatic heterocycles. The van der Waals surface area contributed by atoms with Crippen molar-refractivity contribution in [3.8, 4) is 46.0 Å². The summed E-state index contributed by atoms with van der Waals surface area (Å²) in [6, 6.07) is 58.4.